The lowest BCUT2D eigenvalue weighted by molar-refractivity contribution is -0.107. The van der Waals surface area contributed by atoms with Crippen molar-refractivity contribution in [1.29, 1.82) is 0 Å². The highest BCUT2D eigenvalue weighted by molar-refractivity contribution is 6.16. The third-order valence-corrected chi connectivity index (χ3v) is 3.73. The largest absolute Gasteiger partial charge is 0.317 e. The van der Waals surface area contributed by atoms with E-state index in [1.807, 2.05) is 63.4 Å². The second-order valence-electron chi connectivity index (χ2n) is 5.55. The minimum absolute atomic E-state index is 0.0277. The summed E-state index contributed by atoms with van der Waals surface area (Å²) in [5.41, 5.74) is 4.83. The number of rotatable bonds is 6. The Morgan fingerprint density at radius 1 is 1.22 bits per heavy atom. The Hall–Kier alpha value is -2.46. The molecule has 1 unspecified atom stereocenters. The van der Waals surface area contributed by atoms with Crippen LogP contribution in [0, 0.1) is 6.92 Å². The Kier molecular flexibility index (Phi) is 5.66. The number of hydrogen-bond donors (Lipinski definition) is 1. The van der Waals surface area contributed by atoms with E-state index in [1.165, 1.54) is 0 Å². The van der Waals surface area contributed by atoms with E-state index in [2.05, 4.69) is 11.4 Å². The zero-order valence-corrected chi connectivity index (χ0v) is 14.1. The molecule has 4 nitrogen and oxygen atoms in total. The zero-order valence-electron chi connectivity index (χ0n) is 14.1. The molecule has 2 aromatic carbocycles. The minimum Gasteiger partial charge on any atom is -0.317 e. The molecule has 23 heavy (non-hydrogen) atoms. The normalized spacial score (nSPS) is 12.8. The lowest BCUT2D eigenvalue weighted by Crippen LogP contribution is -2.23. The van der Waals surface area contributed by atoms with Crippen LogP contribution < -0.4 is 10.2 Å². The van der Waals surface area contributed by atoms with E-state index in [4.69, 9.17) is 4.99 Å². The number of anilines is 1. The van der Waals surface area contributed by atoms with Gasteiger partial charge >= 0.3 is 0 Å². The van der Waals surface area contributed by atoms with Gasteiger partial charge in [0.05, 0.1) is 17.6 Å². The number of carbonyl (C=O) groups excluding carboxylic acids is 1. The molecule has 0 aliphatic heterocycles. The lowest BCUT2D eigenvalue weighted by Gasteiger charge is -2.19. The standard InChI is InChI=1S/C19H23N3O/c1-14-10-11-18(22(4)13-23)17(12-14)19(21-15(2)20-3)16-8-6-5-7-9-16/h5-13,15,20H,1-4H3/b21-19-. The van der Waals surface area contributed by atoms with Crippen molar-refractivity contribution < 1.29 is 4.79 Å². The fourth-order valence-electron chi connectivity index (χ4n) is 2.36. The van der Waals surface area contributed by atoms with E-state index < -0.39 is 0 Å². The topological polar surface area (TPSA) is 44.7 Å². The Balaban J connectivity index is 2.67. The average Bonchev–Trinajstić information content (AvgIpc) is 2.59. The first-order valence-corrected chi connectivity index (χ1v) is 7.66. The molecule has 0 fully saturated rings. The fourth-order valence-corrected chi connectivity index (χ4v) is 2.36. The van der Waals surface area contributed by atoms with Gasteiger partial charge in [0.1, 0.15) is 0 Å². The molecule has 0 spiro atoms. The number of amides is 1. The molecular formula is C19H23N3O. The first-order valence-electron chi connectivity index (χ1n) is 7.66. The van der Waals surface area contributed by atoms with Crippen LogP contribution >= 0.6 is 0 Å². The molecule has 0 saturated heterocycles. The summed E-state index contributed by atoms with van der Waals surface area (Å²) in [4.78, 5) is 17.7. The monoisotopic (exact) mass is 309 g/mol. The first-order chi connectivity index (χ1) is 11.1. The summed E-state index contributed by atoms with van der Waals surface area (Å²) in [6.45, 7) is 4.04. The van der Waals surface area contributed by atoms with Gasteiger partial charge in [0.2, 0.25) is 6.41 Å². The van der Waals surface area contributed by atoms with Crippen molar-refractivity contribution in [2.24, 2.45) is 4.99 Å². The molecule has 0 bridgehead atoms. The number of nitrogens with zero attached hydrogens (tertiary/aromatic N) is 2. The quantitative estimate of drug-likeness (QED) is 0.658. The van der Waals surface area contributed by atoms with E-state index in [1.54, 1.807) is 11.9 Å². The summed E-state index contributed by atoms with van der Waals surface area (Å²) in [5.74, 6) is 0. The van der Waals surface area contributed by atoms with Crippen LogP contribution in [-0.2, 0) is 4.79 Å². The average molecular weight is 309 g/mol. The van der Waals surface area contributed by atoms with Crippen LogP contribution in [0.25, 0.3) is 0 Å². The van der Waals surface area contributed by atoms with E-state index >= 15 is 0 Å². The highest BCUT2D eigenvalue weighted by atomic mass is 16.1. The summed E-state index contributed by atoms with van der Waals surface area (Å²) in [6.07, 6.45) is 0.790. The van der Waals surface area contributed by atoms with E-state index in [9.17, 15) is 4.79 Å². The molecule has 0 heterocycles. The third-order valence-electron chi connectivity index (χ3n) is 3.73. The maximum atomic E-state index is 11.3. The summed E-state index contributed by atoms with van der Waals surface area (Å²) >= 11 is 0. The fraction of sp³-hybridized carbons (Fsp3) is 0.263. The molecule has 0 aromatic heterocycles. The summed E-state index contributed by atoms with van der Waals surface area (Å²) in [7, 11) is 3.64. The van der Waals surface area contributed by atoms with Crippen molar-refractivity contribution in [2.75, 3.05) is 19.0 Å². The van der Waals surface area contributed by atoms with Crippen LogP contribution in [0.15, 0.2) is 53.5 Å². The van der Waals surface area contributed by atoms with Crippen molar-refractivity contribution in [1.82, 2.24) is 5.32 Å². The number of carbonyl (C=O) groups is 1. The number of aliphatic imine (C=N–C) groups is 1. The SMILES string of the molecule is CNC(C)/N=C(/c1ccccc1)c1cc(C)ccc1N(C)C=O. The van der Waals surface area contributed by atoms with Crippen LogP contribution in [0.2, 0.25) is 0 Å². The first kappa shape index (κ1) is 16.9. The number of aryl methyl sites for hydroxylation is 1. The number of benzene rings is 2. The predicted octanol–water partition coefficient (Wildman–Crippen LogP) is 2.99. The van der Waals surface area contributed by atoms with Crippen molar-refractivity contribution >= 4 is 17.8 Å². The molecule has 0 radical (unpaired) electrons. The van der Waals surface area contributed by atoms with Crippen LogP contribution in [0.5, 0.6) is 0 Å². The van der Waals surface area contributed by atoms with Gasteiger partial charge in [0, 0.05) is 18.2 Å². The zero-order chi connectivity index (χ0) is 16.8. The highest BCUT2D eigenvalue weighted by Gasteiger charge is 2.15. The van der Waals surface area contributed by atoms with Crippen LogP contribution in [0.1, 0.15) is 23.6 Å². The van der Waals surface area contributed by atoms with Crippen molar-refractivity contribution in [3.63, 3.8) is 0 Å². The van der Waals surface area contributed by atoms with Gasteiger partial charge in [-0.3, -0.25) is 15.1 Å². The smallest absolute Gasteiger partial charge is 0.213 e. The third kappa shape index (κ3) is 4.05. The Bertz CT molecular complexity index is 695. The molecule has 0 saturated carbocycles. The van der Waals surface area contributed by atoms with Crippen LogP contribution in [0.4, 0.5) is 5.69 Å². The van der Waals surface area contributed by atoms with E-state index in [-0.39, 0.29) is 6.17 Å². The van der Waals surface area contributed by atoms with Crippen molar-refractivity contribution in [3.8, 4) is 0 Å². The summed E-state index contributed by atoms with van der Waals surface area (Å²) in [5, 5.41) is 3.14. The molecule has 1 amide bonds. The van der Waals surface area contributed by atoms with Gasteiger partial charge in [-0.2, -0.15) is 0 Å². The second kappa shape index (κ2) is 7.70. The van der Waals surface area contributed by atoms with Gasteiger partial charge in [-0.25, -0.2) is 0 Å². The van der Waals surface area contributed by atoms with Crippen LogP contribution in [-0.4, -0.2) is 32.4 Å². The highest BCUT2D eigenvalue weighted by Crippen LogP contribution is 2.24. The molecule has 4 heteroatoms. The van der Waals surface area contributed by atoms with E-state index in [0.717, 1.165) is 34.5 Å². The Morgan fingerprint density at radius 3 is 2.52 bits per heavy atom. The molecule has 1 N–H and O–H groups in total. The number of hydrogen-bond acceptors (Lipinski definition) is 3. The molecule has 120 valence electrons. The minimum atomic E-state index is -0.0277. The van der Waals surface area contributed by atoms with Gasteiger partial charge in [0.25, 0.3) is 0 Å². The van der Waals surface area contributed by atoms with Gasteiger partial charge < -0.3 is 4.90 Å². The molecule has 2 rings (SSSR count). The molecule has 0 aliphatic rings. The van der Waals surface area contributed by atoms with Crippen molar-refractivity contribution in [3.05, 3.63) is 65.2 Å². The Morgan fingerprint density at radius 2 is 1.91 bits per heavy atom. The number of nitrogens with one attached hydrogen (secondary N) is 1. The summed E-state index contributed by atoms with van der Waals surface area (Å²) in [6, 6.07) is 16.1. The Labute approximate surface area is 137 Å². The molecule has 0 aliphatic carbocycles. The van der Waals surface area contributed by atoms with Gasteiger partial charge in [0.15, 0.2) is 0 Å². The molecule has 2 aromatic rings. The van der Waals surface area contributed by atoms with Crippen molar-refractivity contribution in [2.45, 2.75) is 20.0 Å². The van der Waals surface area contributed by atoms with Gasteiger partial charge in [-0.1, -0.05) is 42.0 Å². The molecular weight excluding hydrogens is 286 g/mol. The van der Waals surface area contributed by atoms with Crippen LogP contribution in [0.3, 0.4) is 0 Å². The second-order valence-corrected chi connectivity index (χ2v) is 5.55. The van der Waals surface area contributed by atoms with Gasteiger partial charge in [-0.05, 0) is 33.0 Å². The predicted molar refractivity (Wildman–Crippen MR) is 96.2 cm³/mol. The maximum absolute atomic E-state index is 11.3. The van der Waals surface area contributed by atoms with Gasteiger partial charge in [-0.15, -0.1) is 0 Å². The summed E-state index contributed by atoms with van der Waals surface area (Å²) < 4.78 is 0. The molecule has 1 atom stereocenters. The lowest BCUT2D eigenvalue weighted by atomic mass is 9.98. The van der Waals surface area contributed by atoms with E-state index in [0.29, 0.717) is 0 Å². The maximum Gasteiger partial charge on any atom is 0.213 e.